The van der Waals surface area contributed by atoms with E-state index in [2.05, 4.69) is 0 Å². The molecule has 7 nitrogen and oxygen atoms in total. The van der Waals surface area contributed by atoms with Gasteiger partial charge in [-0.05, 0) is 53.9 Å². The van der Waals surface area contributed by atoms with Crippen LogP contribution in [0.4, 0.5) is 5.69 Å². The Morgan fingerprint density at radius 2 is 1.69 bits per heavy atom. The van der Waals surface area contributed by atoms with Crippen molar-refractivity contribution >= 4 is 34.3 Å². The zero-order valence-electron chi connectivity index (χ0n) is 19.7. The number of hydrogen-bond acceptors (Lipinski definition) is 6. The Balaban J connectivity index is 1.62. The second-order valence-corrected chi connectivity index (χ2v) is 8.50. The number of Topliss-reactive ketones (excluding diaryl/α,β-unsaturated/α-hetero) is 1. The average Bonchev–Trinajstić information content (AvgIpc) is 3.43. The van der Waals surface area contributed by atoms with Crippen LogP contribution in [0.5, 0.6) is 5.75 Å². The first kappa shape index (κ1) is 23.1. The molecule has 0 saturated heterocycles. The molecule has 3 aromatic carbocycles. The molecule has 0 aliphatic carbocycles. The van der Waals surface area contributed by atoms with Crippen LogP contribution in [0.2, 0.25) is 0 Å². The number of furan rings is 1. The molecule has 7 heteroatoms. The number of nitrogens with zero attached hydrogens (tertiary/aromatic N) is 1. The summed E-state index contributed by atoms with van der Waals surface area (Å²) in [6.45, 7) is 3.33. The highest BCUT2D eigenvalue weighted by Crippen LogP contribution is 2.42. The Morgan fingerprint density at radius 1 is 1.00 bits per heavy atom. The summed E-state index contributed by atoms with van der Waals surface area (Å²) in [6.07, 6.45) is 0.828. The number of carbonyl (C=O) groups is 3. The van der Waals surface area contributed by atoms with Gasteiger partial charge >= 0.3 is 5.97 Å². The Labute approximate surface area is 207 Å². The zero-order chi connectivity index (χ0) is 25.4. The molecule has 1 unspecified atom stereocenters. The van der Waals surface area contributed by atoms with E-state index < -0.39 is 29.5 Å². The van der Waals surface area contributed by atoms with Gasteiger partial charge in [0.05, 0.1) is 11.6 Å². The van der Waals surface area contributed by atoms with E-state index in [1.807, 2.05) is 31.2 Å². The van der Waals surface area contributed by atoms with Gasteiger partial charge in [-0.2, -0.15) is 0 Å². The first-order chi connectivity index (χ1) is 17.4. The molecular formula is C29H23NO6. The van der Waals surface area contributed by atoms with Crippen molar-refractivity contribution in [2.75, 3.05) is 4.90 Å². The van der Waals surface area contributed by atoms with Crippen LogP contribution >= 0.6 is 0 Å². The molecule has 1 atom stereocenters. The van der Waals surface area contributed by atoms with Crippen molar-refractivity contribution in [3.63, 3.8) is 0 Å². The van der Waals surface area contributed by atoms with Crippen molar-refractivity contribution in [1.29, 1.82) is 0 Å². The van der Waals surface area contributed by atoms with Crippen LogP contribution in [0, 0.1) is 0 Å². The van der Waals surface area contributed by atoms with Crippen LogP contribution in [0.15, 0.2) is 94.6 Å². The molecular weight excluding hydrogens is 458 g/mol. The Bertz CT molecular complexity index is 1480. The third-order valence-electron chi connectivity index (χ3n) is 6.18. The van der Waals surface area contributed by atoms with Gasteiger partial charge in [0.2, 0.25) is 5.78 Å². The Hall–Kier alpha value is -4.65. The fourth-order valence-electron chi connectivity index (χ4n) is 4.42. The van der Waals surface area contributed by atoms with E-state index in [1.165, 1.54) is 11.8 Å². The fourth-order valence-corrected chi connectivity index (χ4v) is 4.42. The summed E-state index contributed by atoms with van der Waals surface area (Å²) in [4.78, 5) is 39.8. The largest absolute Gasteiger partial charge is 0.503 e. The minimum Gasteiger partial charge on any atom is -0.503 e. The quantitative estimate of drug-likeness (QED) is 0.215. The maximum atomic E-state index is 13.7. The number of ketones is 1. The van der Waals surface area contributed by atoms with Gasteiger partial charge in [-0.1, -0.05) is 49.4 Å². The number of ether oxygens (including phenoxy) is 1. The van der Waals surface area contributed by atoms with Crippen LogP contribution in [-0.2, 0) is 16.0 Å². The summed E-state index contributed by atoms with van der Waals surface area (Å²) >= 11 is 0. The zero-order valence-corrected chi connectivity index (χ0v) is 19.7. The lowest BCUT2D eigenvalue weighted by atomic mass is 9.94. The average molecular weight is 482 g/mol. The number of hydrogen-bond donors (Lipinski definition) is 1. The predicted octanol–water partition coefficient (Wildman–Crippen LogP) is 5.70. The van der Waals surface area contributed by atoms with E-state index in [-0.39, 0.29) is 11.3 Å². The minimum absolute atomic E-state index is 0.0234. The lowest BCUT2D eigenvalue weighted by Gasteiger charge is -2.27. The molecule has 1 amide bonds. The standard InChI is InChI=1S/C29H23NO6/c1-3-18-8-12-21(13-9-18)30-26(19-10-14-22(15-11-19)35-17(2)31)25(28(33)29(30)34)27(32)24-16-20-6-4-5-7-23(20)36-24/h4-16,26,33H,3H2,1-2H3. The van der Waals surface area contributed by atoms with Crippen LogP contribution in [0.25, 0.3) is 11.0 Å². The number of amides is 1. The molecule has 0 fully saturated rings. The summed E-state index contributed by atoms with van der Waals surface area (Å²) in [6, 6.07) is 21.7. The summed E-state index contributed by atoms with van der Waals surface area (Å²) in [5.74, 6) is -2.02. The number of esters is 1. The molecule has 0 radical (unpaired) electrons. The molecule has 5 rings (SSSR count). The number of aryl methyl sites for hydroxylation is 1. The minimum atomic E-state index is -0.919. The molecule has 2 heterocycles. The Kier molecular flexibility index (Phi) is 5.90. The van der Waals surface area contributed by atoms with Gasteiger partial charge in [-0.25, -0.2) is 0 Å². The van der Waals surface area contributed by atoms with Gasteiger partial charge in [0.25, 0.3) is 5.91 Å². The molecule has 0 saturated carbocycles. The van der Waals surface area contributed by atoms with Gasteiger partial charge in [-0.15, -0.1) is 0 Å². The maximum Gasteiger partial charge on any atom is 0.308 e. The molecule has 4 aromatic rings. The van der Waals surface area contributed by atoms with E-state index in [9.17, 15) is 19.5 Å². The maximum absolute atomic E-state index is 13.7. The molecule has 36 heavy (non-hydrogen) atoms. The molecule has 0 spiro atoms. The van der Waals surface area contributed by atoms with Crippen molar-refractivity contribution < 1.29 is 28.6 Å². The molecule has 1 aliphatic heterocycles. The highest BCUT2D eigenvalue weighted by atomic mass is 16.5. The third kappa shape index (κ3) is 4.05. The summed E-state index contributed by atoms with van der Waals surface area (Å²) < 4.78 is 10.9. The summed E-state index contributed by atoms with van der Waals surface area (Å²) in [5, 5.41) is 11.7. The second-order valence-electron chi connectivity index (χ2n) is 8.50. The van der Waals surface area contributed by atoms with Gasteiger partial charge in [0.15, 0.2) is 11.5 Å². The number of para-hydroxylation sites is 1. The first-order valence-corrected chi connectivity index (χ1v) is 11.5. The number of aliphatic hydroxyl groups excluding tert-OH is 1. The van der Waals surface area contributed by atoms with Crippen LogP contribution in [0.1, 0.15) is 41.6 Å². The van der Waals surface area contributed by atoms with E-state index in [1.54, 1.807) is 54.6 Å². The smallest absolute Gasteiger partial charge is 0.308 e. The fraction of sp³-hybridized carbons (Fsp3) is 0.138. The first-order valence-electron chi connectivity index (χ1n) is 11.5. The predicted molar refractivity (Wildman–Crippen MR) is 134 cm³/mol. The third-order valence-corrected chi connectivity index (χ3v) is 6.18. The van der Waals surface area contributed by atoms with Crippen molar-refractivity contribution in [2.45, 2.75) is 26.3 Å². The summed E-state index contributed by atoms with van der Waals surface area (Å²) in [5.41, 5.74) is 2.62. The van der Waals surface area contributed by atoms with Crippen LogP contribution in [0.3, 0.4) is 0 Å². The van der Waals surface area contributed by atoms with E-state index in [0.29, 0.717) is 22.6 Å². The molecule has 1 N–H and O–H groups in total. The Morgan fingerprint density at radius 3 is 2.33 bits per heavy atom. The molecule has 1 aromatic heterocycles. The normalized spacial score (nSPS) is 15.6. The summed E-state index contributed by atoms with van der Waals surface area (Å²) in [7, 11) is 0. The second kappa shape index (κ2) is 9.19. The van der Waals surface area contributed by atoms with Crippen molar-refractivity contribution in [2.24, 2.45) is 0 Å². The van der Waals surface area contributed by atoms with Crippen LogP contribution < -0.4 is 9.64 Å². The monoisotopic (exact) mass is 481 g/mol. The molecule has 180 valence electrons. The van der Waals surface area contributed by atoms with Gasteiger partial charge in [0, 0.05) is 18.0 Å². The molecule has 1 aliphatic rings. The van der Waals surface area contributed by atoms with Gasteiger partial charge in [0.1, 0.15) is 11.3 Å². The lowest BCUT2D eigenvalue weighted by molar-refractivity contribution is -0.131. The highest BCUT2D eigenvalue weighted by molar-refractivity contribution is 6.20. The number of fused-ring (bicyclic) bond motifs is 1. The number of rotatable bonds is 6. The van der Waals surface area contributed by atoms with E-state index >= 15 is 0 Å². The van der Waals surface area contributed by atoms with E-state index in [0.717, 1.165) is 17.4 Å². The van der Waals surface area contributed by atoms with E-state index in [4.69, 9.17) is 9.15 Å². The number of anilines is 1. The van der Waals surface area contributed by atoms with Crippen molar-refractivity contribution in [3.05, 3.63) is 107 Å². The van der Waals surface area contributed by atoms with Gasteiger partial charge in [-0.3, -0.25) is 19.3 Å². The van der Waals surface area contributed by atoms with Crippen molar-refractivity contribution in [1.82, 2.24) is 0 Å². The number of carbonyl (C=O) groups excluding carboxylic acids is 3. The topological polar surface area (TPSA) is 97.1 Å². The number of aliphatic hydroxyl groups is 1. The lowest BCUT2D eigenvalue weighted by Crippen LogP contribution is -2.31. The van der Waals surface area contributed by atoms with Crippen LogP contribution in [-0.4, -0.2) is 22.8 Å². The number of benzene rings is 3. The molecule has 0 bridgehead atoms. The highest BCUT2D eigenvalue weighted by Gasteiger charge is 2.45. The SMILES string of the molecule is CCc1ccc(N2C(=O)C(O)=C(C(=O)c3cc4ccccc4o3)C2c2ccc(OC(C)=O)cc2)cc1. The van der Waals surface area contributed by atoms with Crippen molar-refractivity contribution in [3.8, 4) is 5.75 Å². The van der Waals surface area contributed by atoms with Gasteiger partial charge < -0.3 is 14.3 Å².